The van der Waals surface area contributed by atoms with Crippen molar-refractivity contribution in [2.75, 3.05) is 7.11 Å². The Hall–Kier alpha value is -2.88. The van der Waals surface area contributed by atoms with Gasteiger partial charge in [0.1, 0.15) is 5.56 Å². The minimum absolute atomic E-state index is 0.289. The van der Waals surface area contributed by atoms with Gasteiger partial charge < -0.3 is 9.94 Å². The third kappa shape index (κ3) is 3.06. The van der Waals surface area contributed by atoms with Gasteiger partial charge in [0, 0.05) is 10.9 Å². The smallest absolute Gasteiger partial charge is 0.227 e. The number of hydrogen-bond acceptors (Lipinski definition) is 3. The predicted octanol–water partition coefficient (Wildman–Crippen LogP) is 3.37. The molecule has 0 spiro atoms. The van der Waals surface area contributed by atoms with E-state index in [2.05, 4.69) is 4.98 Å². The summed E-state index contributed by atoms with van der Waals surface area (Å²) in [6.07, 6.45) is 1.52. The Morgan fingerprint density at radius 2 is 1.82 bits per heavy atom. The first-order chi connectivity index (χ1) is 10.8. The van der Waals surface area contributed by atoms with Gasteiger partial charge in [0.15, 0.2) is 12.8 Å². The first kappa shape index (κ1) is 14.1. The van der Waals surface area contributed by atoms with E-state index in [-0.39, 0.29) is 6.54 Å². The van der Waals surface area contributed by atoms with Crippen LogP contribution in [0, 0.1) is 5.21 Å². The summed E-state index contributed by atoms with van der Waals surface area (Å²) in [4.78, 5) is 4.43. The van der Waals surface area contributed by atoms with Gasteiger partial charge in [-0.1, -0.05) is 48.5 Å². The quantitative estimate of drug-likeness (QED) is 0.320. The lowest BCUT2D eigenvalue weighted by Crippen LogP contribution is -2.07. The highest BCUT2D eigenvalue weighted by Crippen LogP contribution is 2.20. The molecule has 22 heavy (non-hydrogen) atoms. The SMILES string of the molecule is COc1nc2ccccc2cc1C=[N+]([O-])Cc1ccccc1. The number of nitrogens with zero attached hydrogens (tertiary/aromatic N) is 2. The number of pyridine rings is 1. The first-order valence-corrected chi connectivity index (χ1v) is 7.02. The normalized spacial score (nSPS) is 11.6. The van der Waals surface area contributed by atoms with E-state index in [0.717, 1.165) is 21.2 Å². The summed E-state index contributed by atoms with van der Waals surface area (Å²) < 4.78 is 6.19. The van der Waals surface area contributed by atoms with Crippen molar-refractivity contribution in [3.63, 3.8) is 0 Å². The van der Waals surface area contributed by atoms with Crippen LogP contribution < -0.4 is 4.74 Å². The molecule has 0 bridgehead atoms. The maximum atomic E-state index is 12.2. The van der Waals surface area contributed by atoms with E-state index in [1.54, 1.807) is 7.11 Å². The number of aromatic nitrogens is 1. The van der Waals surface area contributed by atoms with Crippen molar-refractivity contribution >= 4 is 17.1 Å². The van der Waals surface area contributed by atoms with Gasteiger partial charge >= 0.3 is 0 Å². The van der Waals surface area contributed by atoms with Gasteiger partial charge in [0.25, 0.3) is 0 Å². The van der Waals surface area contributed by atoms with E-state index in [9.17, 15) is 5.21 Å². The van der Waals surface area contributed by atoms with Crippen molar-refractivity contribution in [3.8, 4) is 5.88 Å². The molecular weight excluding hydrogens is 276 g/mol. The van der Waals surface area contributed by atoms with Gasteiger partial charge in [-0.15, -0.1) is 0 Å². The van der Waals surface area contributed by atoms with Crippen LogP contribution in [0.2, 0.25) is 0 Å². The Balaban J connectivity index is 1.96. The largest absolute Gasteiger partial charge is 0.624 e. The fourth-order valence-corrected chi connectivity index (χ4v) is 2.33. The third-order valence-corrected chi connectivity index (χ3v) is 3.37. The third-order valence-electron chi connectivity index (χ3n) is 3.37. The molecule has 2 aromatic carbocycles. The van der Waals surface area contributed by atoms with Gasteiger partial charge in [-0.25, -0.2) is 9.72 Å². The molecule has 0 radical (unpaired) electrons. The molecule has 0 amide bonds. The fraction of sp³-hybridized carbons (Fsp3) is 0.111. The molecule has 0 fully saturated rings. The van der Waals surface area contributed by atoms with Gasteiger partial charge in [-0.05, 0) is 12.1 Å². The van der Waals surface area contributed by atoms with Crippen LogP contribution in [0.1, 0.15) is 11.1 Å². The summed E-state index contributed by atoms with van der Waals surface area (Å²) in [5.74, 6) is 0.451. The molecule has 0 saturated heterocycles. The molecule has 3 rings (SSSR count). The highest BCUT2D eigenvalue weighted by atomic mass is 16.5. The fourth-order valence-electron chi connectivity index (χ4n) is 2.33. The maximum Gasteiger partial charge on any atom is 0.227 e. The maximum absolute atomic E-state index is 12.2. The molecule has 0 saturated carbocycles. The number of fused-ring (bicyclic) bond motifs is 1. The van der Waals surface area contributed by atoms with Crippen LogP contribution in [-0.4, -0.2) is 23.0 Å². The molecule has 1 aromatic heterocycles. The second-order valence-corrected chi connectivity index (χ2v) is 4.97. The molecular formula is C18H16N2O2. The van der Waals surface area contributed by atoms with Crippen molar-refractivity contribution in [1.29, 1.82) is 0 Å². The molecule has 0 atom stereocenters. The van der Waals surface area contributed by atoms with Crippen LogP contribution in [0.3, 0.4) is 0 Å². The van der Waals surface area contributed by atoms with Crippen LogP contribution >= 0.6 is 0 Å². The second-order valence-electron chi connectivity index (χ2n) is 4.97. The Labute approximate surface area is 128 Å². The molecule has 3 aromatic rings. The van der Waals surface area contributed by atoms with Gasteiger partial charge in [0.05, 0.1) is 12.6 Å². The molecule has 0 aliphatic carbocycles. The molecule has 0 unspecified atom stereocenters. The van der Waals surface area contributed by atoms with E-state index < -0.39 is 0 Å². The molecule has 0 N–H and O–H groups in total. The summed E-state index contributed by atoms with van der Waals surface area (Å²) in [7, 11) is 1.56. The number of rotatable bonds is 4. The number of para-hydroxylation sites is 1. The molecule has 110 valence electrons. The van der Waals surface area contributed by atoms with Crippen molar-refractivity contribution in [2.24, 2.45) is 0 Å². The van der Waals surface area contributed by atoms with Crippen LogP contribution in [0.5, 0.6) is 5.88 Å². The minimum Gasteiger partial charge on any atom is -0.624 e. The summed E-state index contributed by atoms with van der Waals surface area (Å²) in [5.41, 5.74) is 2.48. The summed E-state index contributed by atoms with van der Waals surface area (Å²) in [6.45, 7) is 0.289. The highest BCUT2D eigenvalue weighted by Gasteiger charge is 2.09. The number of hydrogen-bond donors (Lipinski definition) is 0. The topological polar surface area (TPSA) is 48.2 Å². The van der Waals surface area contributed by atoms with E-state index in [0.29, 0.717) is 11.4 Å². The summed E-state index contributed by atoms with van der Waals surface area (Å²) >= 11 is 0. The zero-order chi connectivity index (χ0) is 15.4. The van der Waals surface area contributed by atoms with E-state index in [4.69, 9.17) is 4.74 Å². The van der Waals surface area contributed by atoms with Crippen molar-refractivity contribution < 1.29 is 9.48 Å². The molecule has 4 nitrogen and oxygen atoms in total. The highest BCUT2D eigenvalue weighted by molar-refractivity contribution is 5.88. The molecule has 1 heterocycles. The average Bonchev–Trinajstić information content (AvgIpc) is 2.55. The van der Waals surface area contributed by atoms with Crippen LogP contribution in [0.4, 0.5) is 0 Å². The molecule has 0 aliphatic heterocycles. The van der Waals surface area contributed by atoms with Crippen molar-refractivity contribution in [2.45, 2.75) is 6.54 Å². The van der Waals surface area contributed by atoms with Crippen molar-refractivity contribution in [3.05, 3.63) is 77.0 Å². The lowest BCUT2D eigenvalue weighted by molar-refractivity contribution is -0.469. The van der Waals surface area contributed by atoms with Gasteiger partial charge in [0.2, 0.25) is 5.88 Å². The van der Waals surface area contributed by atoms with Crippen LogP contribution in [0.25, 0.3) is 10.9 Å². The Kier molecular flexibility index (Phi) is 4.01. The zero-order valence-corrected chi connectivity index (χ0v) is 12.3. The number of ether oxygens (including phenoxy) is 1. The van der Waals surface area contributed by atoms with Crippen LogP contribution in [0.15, 0.2) is 60.7 Å². The van der Waals surface area contributed by atoms with E-state index >= 15 is 0 Å². The number of methoxy groups -OCH3 is 1. The number of benzene rings is 2. The summed E-state index contributed by atoms with van der Waals surface area (Å²) in [5, 5.41) is 13.1. The van der Waals surface area contributed by atoms with E-state index in [1.165, 1.54) is 6.21 Å². The summed E-state index contributed by atoms with van der Waals surface area (Å²) in [6, 6.07) is 19.3. The molecule has 0 aliphatic rings. The number of hydroxylamine groups is 1. The van der Waals surface area contributed by atoms with Gasteiger partial charge in [-0.2, -0.15) is 0 Å². The minimum atomic E-state index is 0.289. The van der Waals surface area contributed by atoms with Crippen LogP contribution in [-0.2, 0) is 6.54 Å². The zero-order valence-electron chi connectivity index (χ0n) is 12.3. The lowest BCUT2D eigenvalue weighted by atomic mass is 10.1. The second kappa shape index (κ2) is 6.26. The predicted molar refractivity (Wildman–Crippen MR) is 87.2 cm³/mol. The standard InChI is InChI=1S/C18H16N2O2/c1-22-18-16(11-15-9-5-6-10-17(15)19-18)13-20(21)12-14-7-3-2-4-8-14/h2-11,13H,12H2,1H3. The average molecular weight is 292 g/mol. The van der Waals surface area contributed by atoms with Crippen molar-refractivity contribution in [1.82, 2.24) is 4.98 Å². The van der Waals surface area contributed by atoms with Gasteiger partial charge in [-0.3, -0.25) is 0 Å². The Morgan fingerprint density at radius 1 is 1.09 bits per heavy atom. The first-order valence-electron chi connectivity index (χ1n) is 7.02. The monoisotopic (exact) mass is 292 g/mol. The van der Waals surface area contributed by atoms with E-state index in [1.807, 2.05) is 60.7 Å². The lowest BCUT2D eigenvalue weighted by Gasteiger charge is -2.07. The Morgan fingerprint density at radius 3 is 2.59 bits per heavy atom. The molecule has 4 heteroatoms. The Bertz CT molecular complexity index is 814.